The van der Waals surface area contributed by atoms with Crippen LogP contribution in [0.3, 0.4) is 0 Å². The Kier molecular flexibility index (Phi) is 10.1. The van der Waals surface area contributed by atoms with Gasteiger partial charge in [0.2, 0.25) is 0 Å². The maximum atomic E-state index is 14.2. The van der Waals surface area contributed by atoms with Crippen LogP contribution in [0.1, 0.15) is 48.1 Å². The van der Waals surface area contributed by atoms with Gasteiger partial charge in [-0.1, -0.05) is 30.0 Å². The lowest BCUT2D eigenvalue weighted by atomic mass is 9.84. The number of alkyl halides is 12. The summed E-state index contributed by atoms with van der Waals surface area (Å²) in [7, 11) is 0. The van der Waals surface area contributed by atoms with Crippen molar-refractivity contribution >= 4 is 11.3 Å². The SMILES string of the molecule is CC1=C[C+](c2ccccc2)C=C(C)C1=C=c1c(-c2cc(C(F)(F)F)cc(C(F)(F)F)c2)cc(=C2C=CC=CC2)cc1-c1cc(C(F)(F)F)cc(C(F)(F)F)c1. The molecule has 0 fully saturated rings. The number of rotatable bonds is 3. The van der Waals surface area contributed by atoms with Gasteiger partial charge in [-0.2, -0.15) is 52.7 Å². The van der Waals surface area contributed by atoms with Gasteiger partial charge >= 0.3 is 24.7 Å². The summed E-state index contributed by atoms with van der Waals surface area (Å²) in [6, 6.07) is 13.4. The molecule has 12 heteroatoms. The molecule has 0 N–H and O–H groups in total. The van der Waals surface area contributed by atoms with Crippen LogP contribution in [-0.2, 0) is 24.7 Å². The third-order valence-corrected chi connectivity index (χ3v) is 9.08. The second-order valence-corrected chi connectivity index (χ2v) is 13.0. The predicted molar refractivity (Wildman–Crippen MR) is 186 cm³/mol. The van der Waals surface area contributed by atoms with Crippen LogP contribution in [0, 0.1) is 5.92 Å². The highest BCUT2D eigenvalue weighted by Crippen LogP contribution is 2.41. The summed E-state index contributed by atoms with van der Waals surface area (Å²) in [6.45, 7) is 3.31. The van der Waals surface area contributed by atoms with E-state index in [1.807, 2.05) is 12.1 Å². The molecule has 6 rings (SSSR count). The Morgan fingerprint density at radius 2 is 0.982 bits per heavy atom. The van der Waals surface area contributed by atoms with Crippen molar-refractivity contribution < 1.29 is 52.7 Å². The lowest BCUT2D eigenvalue weighted by Crippen LogP contribution is -2.20. The van der Waals surface area contributed by atoms with Crippen molar-refractivity contribution in [2.75, 3.05) is 0 Å². The maximum absolute atomic E-state index is 14.2. The van der Waals surface area contributed by atoms with Crippen LogP contribution in [0.4, 0.5) is 52.7 Å². The molecule has 0 saturated carbocycles. The number of hydrogen-bond donors (Lipinski definition) is 0. The van der Waals surface area contributed by atoms with Crippen molar-refractivity contribution in [2.45, 2.75) is 45.0 Å². The summed E-state index contributed by atoms with van der Waals surface area (Å²) in [5.41, 5.74) is -3.01. The molecule has 0 saturated heterocycles. The third-order valence-electron chi connectivity index (χ3n) is 9.08. The topological polar surface area (TPSA) is 0 Å². The Labute approximate surface area is 307 Å². The van der Waals surface area contributed by atoms with Crippen molar-refractivity contribution in [3.05, 3.63) is 176 Å². The molecule has 2 aliphatic carbocycles. The molecule has 4 aromatic rings. The second kappa shape index (κ2) is 14.2. The molecule has 0 bridgehead atoms. The Hall–Kier alpha value is -5.61. The van der Waals surface area contributed by atoms with E-state index >= 15 is 0 Å². The van der Waals surface area contributed by atoms with Crippen LogP contribution in [0.5, 0.6) is 0 Å². The van der Waals surface area contributed by atoms with E-state index in [1.54, 1.807) is 68.5 Å². The summed E-state index contributed by atoms with van der Waals surface area (Å²) in [6.07, 6.45) is -10.9. The number of allylic oxidation sites excluding steroid dienone is 9. The average molecular weight is 772 g/mol. The summed E-state index contributed by atoms with van der Waals surface area (Å²) in [5, 5.41) is -0.181. The van der Waals surface area contributed by atoms with Crippen LogP contribution in [-0.4, -0.2) is 0 Å². The van der Waals surface area contributed by atoms with E-state index in [1.165, 1.54) is 12.1 Å². The molecule has 55 heavy (non-hydrogen) atoms. The summed E-state index contributed by atoms with van der Waals surface area (Å²) in [5.74, 6) is 0.742. The zero-order valence-corrected chi connectivity index (χ0v) is 28.7. The fourth-order valence-electron chi connectivity index (χ4n) is 6.45. The monoisotopic (exact) mass is 771 g/mol. The van der Waals surface area contributed by atoms with Crippen LogP contribution in [0.2, 0.25) is 0 Å². The molecule has 0 spiro atoms. The normalized spacial score (nSPS) is 15.3. The minimum atomic E-state index is -5.27. The van der Waals surface area contributed by atoms with Gasteiger partial charge < -0.3 is 0 Å². The molecule has 0 aliphatic heterocycles. The third kappa shape index (κ3) is 8.55. The molecule has 0 aromatic heterocycles. The van der Waals surface area contributed by atoms with Crippen molar-refractivity contribution in [2.24, 2.45) is 0 Å². The van der Waals surface area contributed by atoms with E-state index in [0.29, 0.717) is 41.0 Å². The largest absolute Gasteiger partial charge is 0.416 e. The molecule has 4 aromatic carbocycles. The van der Waals surface area contributed by atoms with Gasteiger partial charge in [0.15, 0.2) is 0 Å². The van der Waals surface area contributed by atoms with E-state index in [9.17, 15) is 52.7 Å². The van der Waals surface area contributed by atoms with Gasteiger partial charge in [0.25, 0.3) is 0 Å². The minimum absolute atomic E-state index is 0.0657. The van der Waals surface area contributed by atoms with Gasteiger partial charge in [-0.25, -0.2) is 0 Å². The summed E-state index contributed by atoms with van der Waals surface area (Å²) < 4.78 is 170. The van der Waals surface area contributed by atoms with Crippen molar-refractivity contribution in [3.8, 4) is 22.3 Å². The smallest absolute Gasteiger partial charge is 0.166 e. The van der Waals surface area contributed by atoms with E-state index in [-0.39, 0.29) is 45.7 Å². The molecular formula is C43H27F12+. The number of hydrogen-bond acceptors (Lipinski definition) is 0. The molecule has 0 radical (unpaired) electrons. The fourth-order valence-corrected chi connectivity index (χ4v) is 6.45. The van der Waals surface area contributed by atoms with E-state index in [2.05, 4.69) is 5.73 Å². The second-order valence-electron chi connectivity index (χ2n) is 13.0. The molecule has 0 amide bonds. The number of halogens is 12. The van der Waals surface area contributed by atoms with Crippen LogP contribution >= 0.6 is 0 Å². The average Bonchev–Trinajstić information content (AvgIpc) is 3.11. The molecule has 0 unspecified atom stereocenters. The Morgan fingerprint density at radius 1 is 0.545 bits per heavy atom. The first-order chi connectivity index (χ1) is 25.6. The zero-order chi connectivity index (χ0) is 40.1. The van der Waals surface area contributed by atoms with Crippen molar-refractivity contribution in [1.29, 1.82) is 0 Å². The molecule has 282 valence electrons. The highest BCUT2D eigenvalue weighted by molar-refractivity contribution is 5.80. The zero-order valence-electron chi connectivity index (χ0n) is 28.7. The first-order valence-electron chi connectivity index (χ1n) is 16.5. The van der Waals surface area contributed by atoms with Crippen molar-refractivity contribution in [3.63, 3.8) is 0 Å². The minimum Gasteiger partial charge on any atom is -0.166 e. The van der Waals surface area contributed by atoms with Gasteiger partial charge in [0.05, 0.1) is 39.3 Å². The highest BCUT2D eigenvalue weighted by Gasteiger charge is 2.39. The molecule has 0 heterocycles. The quantitative estimate of drug-likeness (QED) is 0.144. The van der Waals surface area contributed by atoms with Gasteiger partial charge in [0, 0.05) is 40.6 Å². The van der Waals surface area contributed by atoms with Crippen molar-refractivity contribution in [1.82, 2.24) is 0 Å². The predicted octanol–water partition coefficient (Wildman–Crippen LogP) is 12.6. The summed E-state index contributed by atoms with van der Waals surface area (Å²) >= 11 is 0. The van der Waals surface area contributed by atoms with E-state index in [4.69, 9.17) is 0 Å². The van der Waals surface area contributed by atoms with Crippen LogP contribution in [0.25, 0.3) is 33.6 Å². The molecule has 2 aliphatic rings. The van der Waals surface area contributed by atoms with E-state index < -0.39 is 58.1 Å². The molecule has 0 atom stereocenters. The van der Waals surface area contributed by atoms with Crippen LogP contribution < -0.4 is 10.4 Å². The number of benzene rings is 4. The maximum Gasteiger partial charge on any atom is 0.416 e. The standard InChI is InChI=1S/C43H27F12/c1-24-13-28(26-9-5-3-6-10-26)14-25(2)36(24)23-39-37(30-15-32(40(44,45)46)21-33(16-30)41(47,48)49)19-29(27-11-7-4-8-12-27)20-38(39)31-17-34(42(50,51)52)22-35(18-31)43(53,54)55/h3-11,13-22H,12H2,1-2H3/q+1. The van der Waals surface area contributed by atoms with E-state index in [0.717, 1.165) is 11.5 Å². The Morgan fingerprint density at radius 3 is 1.36 bits per heavy atom. The highest BCUT2D eigenvalue weighted by atomic mass is 19.4. The lowest BCUT2D eigenvalue weighted by Gasteiger charge is -2.18. The van der Waals surface area contributed by atoms with Gasteiger partial charge in [-0.05, 0) is 120 Å². The Bertz CT molecular complexity index is 2250. The van der Waals surface area contributed by atoms with Gasteiger partial charge in [-0.3, -0.25) is 0 Å². The first kappa shape index (κ1) is 39.1. The van der Waals surface area contributed by atoms with Gasteiger partial charge in [0.1, 0.15) is 0 Å². The molecule has 0 nitrogen and oxygen atoms in total. The van der Waals surface area contributed by atoms with Crippen LogP contribution in [0.15, 0.2) is 132 Å². The molecular weight excluding hydrogens is 744 g/mol. The fraction of sp³-hybridized carbons (Fsp3) is 0.163. The Balaban J connectivity index is 1.85. The first-order valence-corrected chi connectivity index (χ1v) is 16.5. The lowest BCUT2D eigenvalue weighted by molar-refractivity contribution is -0.144. The van der Waals surface area contributed by atoms with Gasteiger partial charge in [-0.15, -0.1) is 0 Å². The summed E-state index contributed by atoms with van der Waals surface area (Å²) in [4.78, 5) is 0.